The lowest BCUT2D eigenvalue weighted by Crippen LogP contribution is -2.35. The molecule has 0 aromatic heterocycles. The van der Waals surface area contributed by atoms with Crippen molar-refractivity contribution in [1.29, 1.82) is 0 Å². The summed E-state index contributed by atoms with van der Waals surface area (Å²) in [5, 5.41) is 9.47. The Morgan fingerprint density at radius 1 is 1.35 bits per heavy atom. The van der Waals surface area contributed by atoms with Crippen molar-refractivity contribution in [1.82, 2.24) is 4.90 Å². The smallest absolute Gasteiger partial charge is 0.317 e. The maximum atomic E-state index is 10.9. The van der Waals surface area contributed by atoms with Gasteiger partial charge in [-0.05, 0) is 45.4 Å². The summed E-state index contributed by atoms with van der Waals surface area (Å²) in [4.78, 5) is 12.7. The van der Waals surface area contributed by atoms with Crippen LogP contribution in [0, 0.1) is 0 Å². The molecule has 0 aliphatic heterocycles. The van der Waals surface area contributed by atoms with Gasteiger partial charge in [-0.25, -0.2) is 0 Å². The molecule has 0 atom stereocenters. The van der Waals surface area contributed by atoms with Crippen molar-refractivity contribution in [2.75, 3.05) is 6.54 Å². The Morgan fingerprint density at radius 3 is 2.45 bits per heavy atom. The first-order valence-electron chi connectivity index (χ1n) is 6.70. The number of halogens is 1. The first-order valence-corrected chi connectivity index (χ1v) is 7.08. The summed E-state index contributed by atoms with van der Waals surface area (Å²) < 4.78 is 5.58. The van der Waals surface area contributed by atoms with Crippen LogP contribution in [0.1, 0.15) is 33.3 Å². The van der Waals surface area contributed by atoms with Gasteiger partial charge in [0.15, 0.2) is 0 Å². The largest absolute Gasteiger partial charge is 0.489 e. The van der Waals surface area contributed by atoms with Gasteiger partial charge in [0.25, 0.3) is 0 Å². The van der Waals surface area contributed by atoms with Gasteiger partial charge in [0.05, 0.1) is 17.7 Å². The lowest BCUT2D eigenvalue weighted by atomic mass is 10.1. The number of carboxylic acids is 1. The van der Waals surface area contributed by atoms with Crippen LogP contribution in [0.4, 0.5) is 0 Å². The Hall–Kier alpha value is -1.26. The molecule has 0 spiro atoms. The number of rotatable bonds is 7. The maximum absolute atomic E-state index is 10.9. The van der Waals surface area contributed by atoms with Gasteiger partial charge in [-0.2, -0.15) is 0 Å². The summed E-state index contributed by atoms with van der Waals surface area (Å²) in [6, 6.07) is 5.73. The highest BCUT2D eigenvalue weighted by Crippen LogP contribution is 2.27. The second kappa shape index (κ2) is 7.50. The fourth-order valence-corrected chi connectivity index (χ4v) is 2.07. The maximum Gasteiger partial charge on any atom is 0.317 e. The Morgan fingerprint density at radius 2 is 2.00 bits per heavy atom. The van der Waals surface area contributed by atoms with Crippen LogP contribution in [0.2, 0.25) is 5.02 Å². The molecule has 1 aromatic rings. The van der Waals surface area contributed by atoms with Gasteiger partial charge in [-0.15, -0.1) is 0 Å². The van der Waals surface area contributed by atoms with Crippen LogP contribution >= 0.6 is 11.6 Å². The summed E-state index contributed by atoms with van der Waals surface area (Å²) in [7, 11) is 0. The van der Waals surface area contributed by atoms with Crippen molar-refractivity contribution < 1.29 is 14.6 Å². The van der Waals surface area contributed by atoms with Gasteiger partial charge >= 0.3 is 5.97 Å². The normalized spacial score (nSPS) is 11.4. The van der Waals surface area contributed by atoms with Gasteiger partial charge in [0, 0.05) is 12.6 Å². The summed E-state index contributed by atoms with van der Waals surface area (Å²) in [6.45, 7) is 8.39. The van der Waals surface area contributed by atoms with Gasteiger partial charge in [0.2, 0.25) is 0 Å². The topological polar surface area (TPSA) is 49.8 Å². The third-order valence-corrected chi connectivity index (χ3v) is 3.11. The lowest BCUT2D eigenvalue weighted by molar-refractivity contribution is -0.138. The quantitative estimate of drug-likeness (QED) is 0.838. The van der Waals surface area contributed by atoms with Gasteiger partial charge in [0.1, 0.15) is 5.75 Å². The van der Waals surface area contributed by atoms with Crippen LogP contribution in [-0.2, 0) is 11.3 Å². The molecule has 0 radical (unpaired) electrons. The molecular formula is C15H22ClNO3. The zero-order valence-corrected chi connectivity index (χ0v) is 13.1. The fraction of sp³-hybridized carbons (Fsp3) is 0.533. The van der Waals surface area contributed by atoms with Crippen molar-refractivity contribution in [2.24, 2.45) is 0 Å². The molecule has 0 saturated carbocycles. The molecule has 1 N–H and O–H groups in total. The van der Waals surface area contributed by atoms with Gasteiger partial charge < -0.3 is 9.84 Å². The second-order valence-corrected chi connectivity index (χ2v) is 5.73. The predicted octanol–water partition coefficient (Wildman–Crippen LogP) is 3.42. The van der Waals surface area contributed by atoms with E-state index in [1.165, 1.54) is 0 Å². The molecule has 0 bridgehead atoms. The van der Waals surface area contributed by atoms with E-state index in [1.807, 2.05) is 50.8 Å². The van der Waals surface area contributed by atoms with E-state index in [0.29, 0.717) is 17.3 Å². The van der Waals surface area contributed by atoms with E-state index in [0.717, 1.165) is 5.56 Å². The molecular weight excluding hydrogens is 278 g/mol. The number of ether oxygens (including phenoxy) is 1. The average Bonchev–Trinajstić information content (AvgIpc) is 2.30. The van der Waals surface area contributed by atoms with Crippen molar-refractivity contribution in [3.63, 3.8) is 0 Å². The van der Waals surface area contributed by atoms with E-state index >= 15 is 0 Å². The summed E-state index contributed by atoms with van der Waals surface area (Å²) in [6.07, 6.45) is 0.0672. The van der Waals surface area contributed by atoms with Gasteiger partial charge in [-0.1, -0.05) is 17.7 Å². The highest BCUT2D eigenvalue weighted by molar-refractivity contribution is 6.32. The minimum absolute atomic E-state index is 0.0134. The number of hydrogen-bond donors (Lipinski definition) is 1. The molecule has 0 amide bonds. The van der Waals surface area contributed by atoms with E-state index in [2.05, 4.69) is 0 Å². The Labute approximate surface area is 125 Å². The van der Waals surface area contributed by atoms with E-state index in [4.69, 9.17) is 21.4 Å². The minimum Gasteiger partial charge on any atom is -0.489 e. The van der Waals surface area contributed by atoms with Crippen LogP contribution < -0.4 is 4.74 Å². The number of benzene rings is 1. The van der Waals surface area contributed by atoms with Crippen molar-refractivity contribution in [3.8, 4) is 5.75 Å². The summed E-state index contributed by atoms with van der Waals surface area (Å²) >= 11 is 6.18. The molecule has 1 aromatic carbocycles. The van der Waals surface area contributed by atoms with Crippen molar-refractivity contribution in [2.45, 2.75) is 46.4 Å². The Kier molecular flexibility index (Phi) is 6.30. The molecule has 0 aliphatic rings. The lowest BCUT2D eigenvalue weighted by Gasteiger charge is -2.24. The molecule has 0 unspecified atom stereocenters. The highest BCUT2D eigenvalue weighted by atomic mass is 35.5. The number of carboxylic acid groups (broad SMARTS) is 1. The third-order valence-electron chi connectivity index (χ3n) is 2.81. The molecule has 20 heavy (non-hydrogen) atoms. The third kappa shape index (κ3) is 5.39. The van der Waals surface area contributed by atoms with Crippen molar-refractivity contribution in [3.05, 3.63) is 28.8 Å². The number of aliphatic carboxylic acids is 1. The highest BCUT2D eigenvalue weighted by Gasteiger charge is 2.14. The molecule has 0 heterocycles. The molecule has 1 rings (SSSR count). The van der Waals surface area contributed by atoms with E-state index in [9.17, 15) is 4.79 Å². The van der Waals surface area contributed by atoms with E-state index in [-0.39, 0.29) is 18.7 Å². The molecule has 0 fully saturated rings. The molecule has 4 nitrogen and oxygen atoms in total. The zero-order valence-electron chi connectivity index (χ0n) is 12.4. The first kappa shape index (κ1) is 16.8. The summed E-state index contributed by atoms with van der Waals surface area (Å²) in [5.41, 5.74) is 0.973. The minimum atomic E-state index is -0.829. The Balaban J connectivity index is 2.81. The standard InChI is InChI=1S/C15H22ClNO3/c1-10(2)17(9-15(18)19)8-12-5-6-14(13(16)7-12)20-11(3)4/h5-7,10-11H,8-9H2,1-4H3,(H,18,19). The van der Waals surface area contributed by atoms with Crippen LogP contribution in [0.15, 0.2) is 18.2 Å². The van der Waals surface area contributed by atoms with Crippen LogP contribution in [0.25, 0.3) is 0 Å². The first-order chi connectivity index (χ1) is 9.29. The monoisotopic (exact) mass is 299 g/mol. The number of nitrogens with zero attached hydrogens (tertiary/aromatic N) is 1. The predicted molar refractivity (Wildman–Crippen MR) is 80.4 cm³/mol. The zero-order chi connectivity index (χ0) is 15.3. The number of carbonyl (C=O) groups is 1. The Bertz CT molecular complexity index is 460. The van der Waals surface area contributed by atoms with Gasteiger partial charge in [-0.3, -0.25) is 9.69 Å². The molecule has 112 valence electrons. The van der Waals surface area contributed by atoms with E-state index < -0.39 is 5.97 Å². The molecule has 0 saturated heterocycles. The van der Waals surface area contributed by atoms with Crippen molar-refractivity contribution >= 4 is 17.6 Å². The van der Waals surface area contributed by atoms with E-state index in [1.54, 1.807) is 0 Å². The SMILES string of the molecule is CC(C)Oc1ccc(CN(CC(=O)O)C(C)C)cc1Cl. The van der Waals surface area contributed by atoms with Crippen LogP contribution in [0.3, 0.4) is 0 Å². The molecule has 5 heteroatoms. The van der Waals surface area contributed by atoms with Crippen LogP contribution in [-0.4, -0.2) is 34.7 Å². The number of hydrogen-bond acceptors (Lipinski definition) is 3. The average molecular weight is 300 g/mol. The molecule has 0 aliphatic carbocycles. The van der Waals surface area contributed by atoms with Crippen LogP contribution in [0.5, 0.6) is 5.75 Å². The fourth-order valence-electron chi connectivity index (χ4n) is 1.82. The summed E-state index contributed by atoms with van der Waals surface area (Å²) in [5.74, 6) is -0.177. The second-order valence-electron chi connectivity index (χ2n) is 5.32.